The Hall–Kier alpha value is -1.80. The van der Waals surface area contributed by atoms with E-state index >= 15 is 0 Å². The van der Waals surface area contributed by atoms with Crippen LogP contribution in [-0.2, 0) is 9.53 Å². The van der Waals surface area contributed by atoms with Gasteiger partial charge in [0.2, 0.25) is 6.79 Å². The van der Waals surface area contributed by atoms with Gasteiger partial charge in [-0.2, -0.15) is 0 Å². The highest BCUT2D eigenvalue weighted by molar-refractivity contribution is 9.10. The molecule has 0 radical (unpaired) electrons. The molecule has 1 aliphatic rings. The fourth-order valence-corrected chi connectivity index (χ4v) is 2.78. The highest BCUT2D eigenvalue weighted by Crippen LogP contribution is 2.40. The fourth-order valence-electron chi connectivity index (χ4n) is 2.23. The molecular weight excluding hydrogens is 358 g/mol. The van der Waals surface area contributed by atoms with Gasteiger partial charge in [-0.25, -0.2) is 0 Å². The monoisotopic (exact) mass is 373 g/mol. The molecule has 0 aliphatic carbocycles. The number of carboxylic acid groups (broad SMARTS) is 1. The molecule has 22 heavy (non-hydrogen) atoms. The summed E-state index contributed by atoms with van der Waals surface area (Å²) >= 11 is 3.31. The maximum absolute atomic E-state index is 12.4. The van der Waals surface area contributed by atoms with E-state index in [9.17, 15) is 9.59 Å². The molecule has 2 N–H and O–H groups in total. The minimum Gasteiger partial charge on any atom is -0.481 e. The van der Waals surface area contributed by atoms with Crippen LogP contribution in [-0.4, -0.2) is 43.0 Å². The van der Waals surface area contributed by atoms with Crippen LogP contribution < -0.4 is 14.8 Å². The molecule has 120 valence electrons. The van der Waals surface area contributed by atoms with Crippen molar-refractivity contribution in [2.45, 2.75) is 18.9 Å². The Morgan fingerprint density at radius 3 is 2.82 bits per heavy atom. The van der Waals surface area contributed by atoms with Crippen LogP contribution in [0.3, 0.4) is 0 Å². The van der Waals surface area contributed by atoms with Crippen LogP contribution >= 0.6 is 15.9 Å². The van der Waals surface area contributed by atoms with Crippen molar-refractivity contribution in [2.75, 3.05) is 20.5 Å². The molecule has 1 aliphatic heterocycles. The van der Waals surface area contributed by atoms with Crippen LogP contribution in [0.2, 0.25) is 0 Å². The molecule has 1 atom stereocenters. The fraction of sp³-hybridized carbons (Fsp3) is 0.429. The van der Waals surface area contributed by atoms with Gasteiger partial charge in [-0.15, -0.1) is 0 Å². The van der Waals surface area contributed by atoms with Crippen molar-refractivity contribution >= 4 is 27.8 Å². The lowest BCUT2D eigenvalue weighted by atomic mass is 9.98. The Labute approximate surface area is 135 Å². The second-order valence-electron chi connectivity index (χ2n) is 5.21. The number of amides is 1. The van der Waals surface area contributed by atoms with Crippen LogP contribution in [0.15, 0.2) is 16.6 Å². The highest BCUT2D eigenvalue weighted by Gasteiger charge is 2.31. The first-order valence-electron chi connectivity index (χ1n) is 6.47. The number of methoxy groups -OCH3 is 1. The van der Waals surface area contributed by atoms with Gasteiger partial charge in [-0.1, -0.05) is 0 Å². The van der Waals surface area contributed by atoms with Crippen LogP contribution in [0, 0.1) is 0 Å². The van der Waals surface area contributed by atoms with Gasteiger partial charge in [0, 0.05) is 12.7 Å². The summed E-state index contributed by atoms with van der Waals surface area (Å²) in [4.78, 5) is 23.4. The third-order valence-corrected chi connectivity index (χ3v) is 3.70. The van der Waals surface area contributed by atoms with E-state index < -0.39 is 17.4 Å². The standard InChI is InChI=1S/C14H16BrNO6/c1-14(6-20-2,5-11(17)18)16-13(19)8-3-9(15)12-10(4-8)21-7-22-12/h3-4H,5-7H2,1-2H3,(H,16,19)(H,17,18). The Kier molecular flexibility index (Phi) is 4.92. The Morgan fingerprint density at radius 2 is 2.18 bits per heavy atom. The predicted molar refractivity (Wildman–Crippen MR) is 80.3 cm³/mol. The van der Waals surface area contributed by atoms with Crippen molar-refractivity contribution in [3.05, 3.63) is 22.2 Å². The Balaban J connectivity index is 2.20. The molecule has 1 amide bonds. The van der Waals surface area contributed by atoms with Crippen molar-refractivity contribution < 1.29 is 28.9 Å². The topological polar surface area (TPSA) is 94.1 Å². The Morgan fingerprint density at radius 1 is 1.45 bits per heavy atom. The van der Waals surface area contributed by atoms with Crippen LogP contribution in [0.4, 0.5) is 0 Å². The number of hydrogen-bond acceptors (Lipinski definition) is 5. The molecule has 0 bridgehead atoms. The first kappa shape index (κ1) is 16.6. The summed E-state index contributed by atoms with van der Waals surface area (Å²) in [5.41, 5.74) is -0.676. The average molecular weight is 374 g/mol. The van der Waals surface area contributed by atoms with Gasteiger partial charge in [0.15, 0.2) is 11.5 Å². The van der Waals surface area contributed by atoms with Gasteiger partial charge in [0.05, 0.1) is 23.0 Å². The predicted octanol–water partition coefficient (Wildman–Crippen LogP) is 1.79. The number of nitrogens with one attached hydrogen (secondary N) is 1. The number of aliphatic carboxylic acids is 1. The summed E-state index contributed by atoms with van der Waals surface area (Å²) in [5, 5.41) is 11.7. The van der Waals surface area contributed by atoms with Crippen LogP contribution in [0.25, 0.3) is 0 Å². The number of carbonyl (C=O) groups is 2. The number of ether oxygens (including phenoxy) is 3. The molecule has 0 saturated carbocycles. The molecule has 1 heterocycles. The molecular formula is C14H16BrNO6. The van der Waals surface area contributed by atoms with E-state index in [2.05, 4.69) is 21.2 Å². The van der Waals surface area contributed by atoms with Gasteiger partial charge >= 0.3 is 5.97 Å². The zero-order chi connectivity index (χ0) is 16.3. The lowest BCUT2D eigenvalue weighted by Gasteiger charge is -2.28. The molecule has 0 spiro atoms. The molecule has 0 fully saturated rings. The van der Waals surface area contributed by atoms with Crippen molar-refractivity contribution in [1.82, 2.24) is 5.32 Å². The van der Waals surface area contributed by atoms with Gasteiger partial charge in [0.1, 0.15) is 0 Å². The van der Waals surface area contributed by atoms with Crippen molar-refractivity contribution in [3.8, 4) is 11.5 Å². The average Bonchev–Trinajstić information content (AvgIpc) is 2.86. The first-order valence-corrected chi connectivity index (χ1v) is 7.26. The van der Waals surface area contributed by atoms with E-state index in [0.29, 0.717) is 21.5 Å². The number of halogens is 1. The number of hydrogen-bond donors (Lipinski definition) is 2. The molecule has 1 aromatic rings. The SMILES string of the molecule is COCC(C)(CC(=O)O)NC(=O)c1cc(Br)c2c(c1)OCO2. The van der Waals surface area contributed by atoms with E-state index in [0.717, 1.165) is 0 Å². The minimum atomic E-state index is -1.02. The van der Waals surface area contributed by atoms with E-state index in [-0.39, 0.29) is 19.8 Å². The smallest absolute Gasteiger partial charge is 0.305 e. The van der Waals surface area contributed by atoms with Crippen molar-refractivity contribution in [3.63, 3.8) is 0 Å². The largest absolute Gasteiger partial charge is 0.481 e. The summed E-state index contributed by atoms with van der Waals surface area (Å²) in [6.45, 7) is 1.79. The van der Waals surface area contributed by atoms with Gasteiger partial charge < -0.3 is 24.6 Å². The number of carboxylic acids is 1. The third-order valence-electron chi connectivity index (χ3n) is 3.11. The number of fused-ring (bicyclic) bond motifs is 1. The van der Waals surface area contributed by atoms with Gasteiger partial charge in [-0.3, -0.25) is 9.59 Å². The quantitative estimate of drug-likeness (QED) is 0.789. The number of benzene rings is 1. The summed E-state index contributed by atoms with van der Waals surface area (Å²) in [6, 6.07) is 3.15. The number of rotatable bonds is 6. The van der Waals surface area contributed by atoms with Gasteiger partial charge in [-0.05, 0) is 35.0 Å². The molecule has 1 aromatic carbocycles. The van der Waals surface area contributed by atoms with Crippen molar-refractivity contribution in [1.29, 1.82) is 0 Å². The Bertz CT molecular complexity index is 605. The molecule has 2 rings (SSSR count). The summed E-state index contributed by atoms with van der Waals surface area (Å²) in [6.07, 6.45) is -0.252. The summed E-state index contributed by atoms with van der Waals surface area (Å²) < 4.78 is 16.1. The zero-order valence-corrected chi connectivity index (χ0v) is 13.7. The van der Waals surface area contributed by atoms with E-state index in [1.165, 1.54) is 7.11 Å². The normalized spacial score (nSPS) is 15.2. The summed E-state index contributed by atoms with van der Waals surface area (Å²) in [7, 11) is 1.45. The molecule has 7 nitrogen and oxygen atoms in total. The van der Waals surface area contributed by atoms with Gasteiger partial charge in [0.25, 0.3) is 5.91 Å². The highest BCUT2D eigenvalue weighted by atomic mass is 79.9. The van der Waals surface area contributed by atoms with E-state index in [4.69, 9.17) is 19.3 Å². The van der Waals surface area contributed by atoms with Crippen molar-refractivity contribution in [2.24, 2.45) is 0 Å². The third kappa shape index (κ3) is 3.69. The van der Waals surface area contributed by atoms with E-state index in [1.54, 1.807) is 19.1 Å². The lowest BCUT2D eigenvalue weighted by molar-refractivity contribution is -0.139. The molecule has 8 heteroatoms. The van der Waals surface area contributed by atoms with Crippen LogP contribution in [0.5, 0.6) is 11.5 Å². The lowest BCUT2D eigenvalue weighted by Crippen LogP contribution is -2.50. The maximum atomic E-state index is 12.4. The minimum absolute atomic E-state index is 0.0801. The zero-order valence-electron chi connectivity index (χ0n) is 12.1. The molecule has 0 aromatic heterocycles. The van der Waals surface area contributed by atoms with Crippen LogP contribution in [0.1, 0.15) is 23.7 Å². The first-order chi connectivity index (χ1) is 10.3. The second kappa shape index (κ2) is 6.53. The summed E-state index contributed by atoms with van der Waals surface area (Å²) in [5.74, 6) is -0.431. The molecule has 0 saturated heterocycles. The molecule has 1 unspecified atom stereocenters. The van der Waals surface area contributed by atoms with E-state index in [1.807, 2.05) is 0 Å². The maximum Gasteiger partial charge on any atom is 0.305 e. The second-order valence-corrected chi connectivity index (χ2v) is 6.06. The number of carbonyl (C=O) groups excluding carboxylic acids is 1.